The Morgan fingerprint density at radius 1 is 1.09 bits per heavy atom. The molecule has 0 saturated carbocycles. The van der Waals surface area contributed by atoms with Crippen LogP contribution in [0.15, 0.2) is 54.1 Å². The standard InChI is InChI=1S/C26H26N4O3S/c31-24(29-10-8-19(13-29)22-3-1-2-17-9-11-34-25(17)22)16-28-14-20-5-6-21(15-28)30(20)23-7-4-18(12-27-23)26(32)33/h1-4,7-9,11-12,20-21H,5-6,10,13-16H2,(H,32,33). The quantitative estimate of drug-likeness (QED) is 0.609. The molecule has 1 N–H and O–H groups in total. The molecule has 0 radical (unpaired) electrons. The molecular weight excluding hydrogens is 448 g/mol. The van der Waals surface area contributed by atoms with Gasteiger partial charge in [-0.05, 0) is 52.9 Å². The fourth-order valence-corrected chi connectivity index (χ4v) is 6.59. The summed E-state index contributed by atoms with van der Waals surface area (Å²) < 4.78 is 1.29. The first-order valence-corrected chi connectivity index (χ1v) is 12.6. The van der Waals surface area contributed by atoms with Crippen molar-refractivity contribution in [1.29, 1.82) is 0 Å². The van der Waals surface area contributed by atoms with E-state index in [1.807, 2.05) is 4.90 Å². The summed E-state index contributed by atoms with van der Waals surface area (Å²) in [7, 11) is 0. The fraction of sp³-hybridized carbons (Fsp3) is 0.346. The Labute approximate surface area is 201 Å². The third-order valence-electron chi connectivity index (χ3n) is 7.27. The smallest absolute Gasteiger partial charge is 0.337 e. The van der Waals surface area contributed by atoms with E-state index in [0.29, 0.717) is 31.7 Å². The number of amides is 1. The summed E-state index contributed by atoms with van der Waals surface area (Å²) in [5.74, 6) is 0.0537. The van der Waals surface area contributed by atoms with Gasteiger partial charge >= 0.3 is 5.97 Å². The van der Waals surface area contributed by atoms with Crippen LogP contribution in [0.2, 0.25) is 0 Å². The zero-order valence-corrected chi connectivity index (χ0v) is 19.6. The highest BCUT2D eigenvalue weighted by Gasteiger charge is 2.41. The molecule has 5 heterocycles. The molecule has 6 rings (SSSR count). The first-order valence-electron chi connectivity index (χ1n) is 11.7. The van der Waals surface area contributed by atoms with Crippen LogP contribution in [-0.2, 0) is 4.79 Å². The van der Waals surface area contributed by atoms with Crippen molar-refractivity contribution < 1.29 is 14.7 Å². The van der Waals surface area contributed by atoms with Crippen molar-refractivity contribution in [2.45, 2.75) is 24.9 Å². The normalized spacial score (nSPS) is 22.4. The summed E-state index contributed by atoms with van der Waals surface area (Å²) in [5, 5.41) is 12.5. The van der Waals surface area contributed by atoms with Crippen LogP contribution in [0.25, 0.3) is 15.7 Å². The van der Waals surface area contributed by atoms with Gasteiger partial charge in [0.25, 0.3) is 0 Å². The van der Waals surface area contributed by atoms with Gasteiger partial charge in [-0.2, -0.15) is 0 Å². The number of pyridine rings is 1. The second-order valence-corrected chi connectivity index (χ2v) is 10.3. The van der Waals surface area contributed by atoms with Gasteiger partial charge in [-0.1, -0.05) is 24.3 Å². The molecule has 2 saturated heterocycles. The zero-order chi connectivity index (χ0) is 23.2. The molecular formula is C26H26N4O3S. The van der Waals surface area contributed by atoms with Gasteiger partial charge < -0.3 is 14.9 Å². The molecule has 0 aliphatic carbocycles. The molecule has 2 atom stereocenters. The molecule has 8 heteroatoms. The lowest BCUT2D eigenvalue weighted by Gasteiger charge is -2.41. The number of carboxylic acids is 1. The Balaban J connectivity index is 1.09. The molecule has 2 fully saturated rings. The molecule has 0 spiro atoms. The minimum atomic E-state index is -0.961. The van der Waals surface area contributed by atoms with Gasteiger partial charge in [-0.15, -0.1) is 11.3 Å². The van der Waals surface area contributed by atoms with Gasteiger partial charge in [-0.3, -0.25) is 9.69 Å². The first kappa shape index (κ1) is 21.3. The van der Waals surface area contributed by atoms with Gasteiger partial charge in [0.2, 0.25) is 5.91 Å². The lowest BCUT2D eigenvalue weighted by molar-refractivity contribution is -0.131. The van der Waals surface area contributed by atoms with Gasteiger partial charge in [0, 0.05) is 49.2 Å². The summed E-state index contributed by atoms with van der Waals surface area (Å²) in [6.07, 6.45) is 5.76. The molecule has 3 aliphatic rings. The number of hydrogen-bond donors (Lipinski definition) is 1. The van der Waals surface area contributed by atoms with Crippen molar-refractivity contribution in [2.24, 2.45) is 0 Å². The van der Waals surface area contributed by atoms with Crippen LogP contribution in [0, 0.1) is 0 Å². The summed E-state index contributed by atoms with van der Waals surface area (Å²) in [4.78, 5) is 35.3. The molecule has 2 unspecified atom stereocenters. The van der Waals surface area contributed by atoms with Gasteiger partial charge in [0.05, 0.1) is 12.1 Å². The number of rotatable bonds is 5. The number of hydrogen-bond acceptors (Lipinski definition) is 6. The number of carbonyl (C=O) groups is 2. The number of benzene rings is 1. The van der Waals surface area contributed by atoms with E-state index >= 15 is 0 Å². The predicted octanol–water partition coefficient (Wildman–Crippen LogP) is 3.57. The largest absolute Gasteiger partial charge is 0.478 e. The van der Waals surface area contributed by atoms with Crippen LogP contribution in [0.1, 0.15) is 28.8 Å². The minimum Gasteiger partial charge on any atom is -0.478 e. The second-order valence-electron chi connectivity index (χ2n) is 9.34. The first-order chi connectivity index (χ1) is 16.6. The third-order valence-corrected chi connectivity index (χ3v) is 8.24. The molecule has 2 bridgehead atoms. The van der Waals surface area contributed by atoms with Crippen LogP contribution < -0.4 is 4.90 Å². The number of nitrogens with zero attached hydrogens (tertiary/aromatic N) is 4. The van der Waals surface area contributed by atoms with E-state index in [4.69, 9.17) is 5.11 Å². The number of likely N-dealkylation sites (tertiary alicyclic amines) is 1. The Morgan fingerprint density at radius 2 is 1.91 bits per heavy atom. The molecule has 174 valence electrons. The van der Waals surface area contributed by atoms with Crippen molar-refractivity contribution in [1.82, 2.24) is 14.8 Å². The number of aromatic nitrogens is 1. The lowest BCUT2D eigenvalue weighted by Crippen LogP contribution is -2.56. The Bertz CT molecular complexity index is 1270. The molecule has 1 aromatic carbocycles. The number of carbonyl (C=O) groups excluding carboxylic acids is 1. The Morgan fingerprint density at radius 3 is 2.65 bits per heavy atom. The van der Waals surface area contributed by atoms with Crippen LogP contribution in [-0.4, -0.2) is 76.6 Å². The number of thiophene rings is 1. The predicted molar refractivity (Wildman–Crippen MR) is 133 cm³/mol. The van der Waals surface area contributed by atoms with Gasteiger partial charge in [0.1, 0.15) is 5.82 Å². The number of piperazine rings is 1. The SMILES string of the molecule is O=C(O)c1ccc(N2C3CCC2CN(CC(=O)N2CC=C(c4cccc5ccsc45)C2)C3)nc1. The average Bonchev–Trinajstić information content (AvgIpc) is 3.57. The van der Waals surface area contributed by atoms with E-state index in [-0.39, 0.29) is 11.5 Å². The third kappa shape index (κ3) is 3.76. The molecule has 3 aromatic rings. The van der Waals surface area contributed by atoms with Crippen LogP contribution >= 0.6 is 11.3 Å². The van der Waals surface area contributed by atoms with Crippen molar-refractivity contribution in [3.63, 3.8) is 0 Å². The van der Waals surface area contributed by atoms with E-state index in [2.05, 4.69) is 50.5 Å². The highest BCUT2D eigenvalue weighted by molar-refractivity contribution is 7.17. The minimum absolute atomic E-state index is 0.182. The average molecular weight is 475 g/mol. The van der Waals surface area contributed by atoms with E-state index in [0.717, 1.165) is 31.7 Å². The van der Waals surface area contributed by atoms with E-state index < -0.39 is 5.97 Å². The molecule has 3 aliphatic heterocycles. The maximum absolute atomic E-state index is 13.2. The zero-order valence-electron chi connectivity index (χ0n) is 18.8. The Hall–Kier alpha value is -3.23. The van der Waals surface area contributed by atoms with E-state index in [9.17, 15) is 9.59 Å². The van der Waals surface area contributed by atoms with E-state index in [1.54, 1.807) is 23.5 Å². The maximum Gasteiger partial charge on any atom is 0.337 e. The summed E-state index contributed by atoms with van der Waals surface area (Å²) in [6, 6.07) is 12.6. The topological polar surface area (TPSA) is 77.0 Å². The highest BCUT2D eigenvalue weighted by Crippen LogP contribution is 2.35. The highest BCUT2D eigenvalue weighted by atomic mass is 32.1. The van der Waals surface area contributed by atoms with Crippen molar-refractivity contribution in [2.75, 3.05) is 37.6 Å². The summed E-state index contributed by atoms with van der Waals surface area (Å²) in [6.45, 7) is 3.43. The van der Waals surface area contributed by atoms with Gasteiger partial charge in [0.15, 0.2) is 0 Å². The number of aromatic carboxylic acids is 1. The summed E-state index contributed by atoms with van der Waals surface area (Å²) >= 11 is 1.76. The molecule has 7 nitrogen and oxygen atoms in total. The number of anilines is 1. The van der Waals surface area contributed by atoms with Crippen LogP contribution in [0.4, 0.5) is 5.82 Å². The monoisotopic (exact) mass is 474 g/mol. The molecule has 2 aromatic heterocycles. The fourth-order valence-electron chi connectivity index (χ4n) is 5.64. The van der Waals surface area contributed by atoms with Crippen LogP contribution in [0.3, 0.4) is 0 Å². The van der Waals surface area contributed by atoms with Crippen LogP contribution in [0.5, 0.6) is 0 Å². The van der Waals surface area contributed by atoms with Gasteiger partial charge in [-0.25, -0.2) is 9.78 Å². The molecule has 1 amide bonds. The van der Waals surface area contributed by atoms with E-state index in [1.165, 1.54) is 27.4 Å². The second kappa shape index (κ2) is 8.52. The van der Waals surface area contributed by atoms with Crippen molar-refractivity contribution in [3.8, 4) is 0 Å². The van der Waals surface area contributed by atoms with Crippen molar-refractivity contribution in [3.05, 3.63) is 65.2 Å². The summed E-state index contributed by atoms with van der Waals surface area (Å²) in [5.41, 5.74) is 2.69. The molecule has 34 heavy (non-hydrogen) atoms. The lowest BCUT2D eigenvalue weighted by atomic mass is 10.1. The Kier molecular flexibility index (Phi) is 5.34. The maximum atomic E-state index is 13.2. The number of carboxylic acid groups (broad SMARTS) is 1. The van der Waals surface area contributed by atoms with Crippen molar-refractivity contribution >= 4 is 44.7 Å². The number of fused-ring (bicyclic) bond motifs is 3.